The van der Waals surface area contributed by atoms with Gasteiger partial charge in [-0.2, -0.15) is 5.10 Å². The van der Waals surface area contributed by atoms with Crippen molar-refractivity contribution in [2.45, 2.75) is 6.54 Å². The van der Waals surface area contributed by atoms with Crippen molar-refractivity contribution in [1.82, 2.24) is 9.78 Å². The molecule has 1 heterocycles. The predicted molar refractivity (Wildman–Crippen MR) is 56.4 cm³/mol. The summed E-state index contributed by atoms with van der Waals surface area (Å²) in [6.07, 6.45) is 1.64. The molecule has 0 amide bonds. The highest BCUT2D eigenvalue weighted by Gasteiger charge is 2.06. The Labute approximate surface area is 88.8 Å². The van der Waals surface area contributed by atoms with E-state index in [1.54, 1.807) is 16.9 Å². The maximum absolute atomic E-state index is 13.1. The Morgan fingerprint density at radius 3 is 3.00 bits per heavy atom. The van der Waals surface area contributed by atoms with E-state index in [-0.39, 0.29) is 5.82 Å². The number of nitrogens with two attached hydrogens (primary N) is 1. The first kappa shape index (κ1) is 9.61. The van der Waals surface area contributed by atoms with Crippen molar-refractivity contribution >= 4 is 26.8 Å². The molecule has 0 radical (unpaired) electrons. The number of benzene rings is 1. The van der Waals surface area contributed by atoms with Gasteiger partial charge in [-0.3, -0.25) is 4.68 Å². The fourth-order valence-corrected chi connectivity index (χ4v) is 1.70. The number of fused-ring (bicyclic) bond motifs is 1. The minimum Gasteiger partial charge on any atom is -0.329 e. The smallest absolute Gasteiger partial charge is 0.138 e. The SMILES string of the molecule is NCCn1ncc2cc(F)c(Br)cc21. The van der Waals surface area contributed by atoms with Crippen molar-refractivity contribution in [2.24, 2.45) is 5.73 Å². The summed E-state index contributed by atoms with van der Waals surface area (Å²) in [5.41, 5.74) is 6.32. The van der Waals surface area contributed by atoms with Crippen molar-refractivity contribution in [3.8, 4) is 0 Å². The average Bonchev–Trinajstić information content (AvgIpc) is 2.51. The molecule has 0 saturated heterocycles. The van der Waals surface area contributed by atoms with E-state index in [0.29, 0.717) is 17.6 Å². The maximum Gasteiger partial charge on any atom is 0.138 e. The summed E-state index contributed by atoms with van der Waals surface area (Å²) < 4.78 is 15.3. The molecule has 3 nitrogen and oxygen atoms in total. The number of hydrogen-bond donors (Lipinski definition) is 1. The lowest BCUT2D eigenvalue weighted by Gasteiger charge is -2.01. The molecule has 74 valence electrons. The molecule has 2 N–H and O–H groups in total. The van der Waals surface area contributed by atoms with Crippen LogP contribution in [0.1, 0.15) is 0 Å². The number of rotatable bonds is 2. The molecule has 5 heteroatoms. The van der Waals surface area contributed by atoms with Gasteiger partial charge in [0.25, 0.3) is 0 Å². The van der Waals surface area contributed by atoms with Crippen LogP contribution in [0.4, 0.5) is 4.39 Å². The molecule has 0 spiro atoms. The number of hydrogen-bond acceptors (Lipinski definition) is 2. The van der Waals surface area contributed by atoms with Gasteiger partial charge in [-0.25, -0.2) is 4.39 Å². The highest BCUT2D eigenvalue weighted by Crippen LogP contribution is 2.22. The van der Waals surface area contributed by atoms with Gasteiger partial charge in [0.05, 0.1) is 22.7 Å². The number of aromatic nitrogens is 2. The van der Waals surface area contributed by atoms with Crippen LogP contribution in [0.2, 0.25) is 0 Å². The van der Waals surface area contributed by atoms with Crippen molar-refractivity contribution in [3.05, 3.63) is 28.6 Å². The average molecular weight is 258 g/mol. The lowest BCUT2D eigenvalue weighted by Crippen LogP contribution is -2.10. The van der Waals surface area contributed by atoms with Crippen molar-refractivity contribution < 1.29 is 4.39 Å². The van der Waals surface area contributed by atoms with E-state index in [9.17, 15) is 4.39 Å². The third kappa shape index (κ3) is 1.53. The maximum atomic E-state index is 13.1. The quantitative estimate of drug-likeness (QED) is 0.893. The second-order valence-corrected chi connectivity index (χ2v) is 3.84. The first-order valence-corrected chi connectivity index (χ1v) is 5.02. The lowest BCUT2D eigenvalue weighted by atomic mass is 10.2. The standard InChI is InChI=1S/C9H9BrFN3/c10-7-4-9-6(3-8(7)11)5-13-14(9)2-1-12/h3-5H,1-2,12H2. The first-order valence-electron chi connectivity index (χ1n) is 4.23. The minimum atomic E-state index is -0.273. The molecule has 0 fully saturated rings. The summed E-state index contributed by atoms with van der Waals surface area (Å²) in [5.74, 6) is -0.273. The fourth-order valence-electron chi connectivity index (χ4n) is 1.37. The Kier molecular flexibility index (Phi) is 2.52. The molecule has 0 aliphatic rings. The summed E-state index contributed by atoms with van der Waals surface area (Å²) in [5, 5.41) is 4.91. The summed E-state index contributed by atoms with van der Waals surface area (Å²) in [6.45, 7) is 1.16. The number of nitrogens with zero attached hydrogens (tertiary/aromatic N) is 2. The van der Waals surface area contributed by atoms with Gasteiger partial charge in [-0.1, -0.05) is 0 Å². The van der Waals surface area contributed by atoms with E-state index >= 15 is 0 Å². The molecule has 2 rings (SSSR count). The van der Waals surface area contributed by atoms with Crippen LogP contribution in [0.3, 0.4) is 0 Å². The summed E-state index contributed by atoms with van der Waals surface area (Å²) in [7, 11) is 0. The van der Waals surface area contributed by atoms with Crippen LogP contribution in [0, 0.1) is 5.82 Å². The molecule has 0 aliphatic heterocycles. The molecular weight excluding hydrogens is 249 g/mol. The highest BCUT2D eigenvalue weighted by atomic mass is 79.9. The molecule has 0 aliphatic carbocycles. The van der Waals surface area contributed by atoms with Gasteiger partial charge in [0.2, 0.25) is 0 Å². The van der Waals surface area contributed by atoms with Crippen LogP contribution < -0.4 is 5.73 Å². The van der Waals surface area contributed by atoms with Crippen molar-refractivity contribution in [1.29, 1.82) is 0 Å². The number of halogens is 2. The van der Waals surface area contributed by atoms with Crippen LogP contribution in [0.15, 0.2) is 22.8 Å². The third-order valence-corrected chi connectivity index (χ3v) is 2.63. The Morgan fingerprint density at radius 2 is 2.29 bits per heavy atom. The van der Waals surface area contributed by atoms with Gasteiger partial charge >= 0.3 is 0 Å². The van der Waals surface area contributed by atoms with E-state index in [1.165, 1.54) is 6.07 Å². The zero-order valence-corrected chi connectivity index (χ0v) is 8.96. The normalized spacial score (nSPS) is 11.1. The second kappa shape index (κ2) is 3.67. The zero-order valence-electron chi connectivity index (χ0n) is 7.37. The van der Waals surface area contributed by atoms with Gasteiger partial charge < -0.3 is 5.73 Å². The van der Waals surface area contributed by atoms with Crippen molar-refractivity contribution in [3.63, 3.8) is 0 Å². The largest absolute Gasteiger partial charge is 0.329 e. The first-order chi connectivity index (χ1) is 6.72. The fraction of sp³-hybridized carbons (Fsp3) is 0.222. The molecule has 0 bridgehead atoms. The molecule has 0 unspecified atom stereocenters. The monoisotopic (exact) mass is 257 g/mol. The van der Waals surface area contributed by atoms with Crippen LogP contribution in [-0.4, -0.2) is 16.3 Å². The predicted octanol–water partition coefficient (Wildman–Crippen LogP) is 1.90. The van der Waals surface area contributed by atoms with E-state index in [0.717, 1.165) is 10.9 Å². The molecule has 1 aromatic carbocycles. The summed E-state index contributed by atoms with van der Waals surface area (Å²) >= 11 is 3.14. The van der Waals surface area contributed by atoms with Crippen molar-refractivity contribution in [2.75, 3.05) is 6.54 Å². The van der Waals surface area contributed by atoms with Gasteiger partial charge in [-0.15, -0.1) is 0 Å². The zero-order chi connectivity index (χ0) is 10.1. The Balaban J connectivity index is 2.61. The van der Waals surface area contributed by atoms with E-state index in [1.807, 2.05) is 0 Å². The van der Waals surface area contributed by atoms with E-state index in [2.05, 4.69) is 21.0 Å². The molecular formula is C9H9BrFN3. The van der Waals surface area contributed by atoms with E-state index in [4.69, 9.17) is 5.73 Å². The highest BCUT2D eigenvalue weighted by molar-refractivity contribution is 9.10. The Bertz CT molecular complexity index is 466. The van der Waals surface area contributed by atoms with Crippen LogP contribution in [-0.2, 0) is 6.54 Å². The van der Waals surface area contributed by atoms with Gasteiger partial charge in [0.1, 0.15) is 5.82 Å². The molecule has 14 heavy (non-hydrogen) atoms. The topological polar surface area (TPSA) is 43.8 Å². The van der Waals surface area contributed by atoms with Crippen LogP contribution in [0.25, 0.3) is 10.9 Å². The third-order valence-electron chi connectivity index (χ3n) is 2.02. The summed E-state index contributed by atoms with van der Waals surface area (Å²) in [6, 6.07) is 3.17. The molecule has 0 atom stereocenters. The van der Waals surface area contributed by atoms with E-state index < -0.39 is 0 Å². The molecule has 0 saturated carbocycles. The summed E-state index contributed by atoms with van der Waals surface area (Å²) in [4.78, 5) is 0. The van der Waals surface area contributed by atoms with Crippen LogP contribution >= 0.6 is 15.9 Å². The molecule has 2 aromatic rings. The van der Waals surface area contributed by atoms with Gasteiger partial charge in [0.15, 0.2) is 0 Å². The Hall–Kier alpha value is -0.940. The molecule has 1 aromatic heterocycles. The second-order valence-electron chi connectivity index (χ2n) is 2.98. The lowest BCUT2D eigenvalue weighted by molar-refractivity contribution is 0.621. The Morgan fingerprint density at radius 1 is 1.50 bits per heavy atom. The minimum absolute atomic E-state index is 0.273. The van der Waals surface area contributed by atoms with Gasteiger partial charge in [0, 0.05) is 11.9 Å². The van der Waals surface area contributed by atoms with Crippen LogP contribution in [0.5, 0.6) is 0 Å². The van der Waals surface area contributed by atoms with Gasteiger partial charge in [-0.05, 0) is 28.1 Å².